The number of rotatable bonds is 1. The summed E-state index contributed by atoms with van der Waals surface area (Å²) in [5, 5.41) is 14.7. The van der Waals surface area contributed by atoms with Crippen LogP contribution in [-0.4, -0.2) is 23.2 Å². The number of H-pyrrole nitrogens is 1. The number of hydrogen-bond donors (Lipinski definition) is 3. The van der Waals surface area contributed by atoms with Gasteiger partial charge in [-0.25, -0.2) is 0 Å². The van der Waals surface area contributed by atoms with E-state index in [0.717, 1.165) is 36.9 Å². The van der Waals surface area contributed by atoms with Gasteiger partial charge in [-0.15, -0.1) is 0 Å². The average molecular weight is 314 g/mol. The summed E-state index contributed by atoms with van der Waals surface area (Å²) >= 11 is 0. The Morgan fingerprint density at radius 2 is 2.04 bits per heavy atom. The van der Waals surface area contributed by atoms with E-state index in [0.29, 0.717) is 11.7 Å². The van der Waals surface area contributed by atoms with Gasteiger partial charge in [-0.2, -0.15) is 0 Å². The van der Waals surface area contributed by atoms with E-state index in [-0.39, 0.29) is 0 Å². The molecule has 3 atom stereocenters. The Labute approximate surface area is 139 Å². The molecule has 2 unspecified atom stereocenters. The number of phenols is 1. The third-order valence-electron chi connectivity index (χ3n) is 5.47. The van der Waals surface area contributed by atoms with E-state index in [4.69, 9.17) is 0 Å². The number of hydrogen-bond acceptors (Lipinski definition) is 2. The van der Waals surface area contributed by atoms with E-state index < -0.39 is 0 Å². The van der Waals surface area contributed by atoms with Gasteiger partial charge in [-0.1, -0.05) is 27.2 Å². The fourth-order valence-corrected chi connectivity index (χ4v) is 4.25. The van der Waals surface area contributed by atoms with Crippen LogP contribution in [0.2, 0.25) is 0 Å². The smallest absolute Gasteiger partial charge is 0.116 e. The molecule has 2 aromatic rings. The molecule has 1 aliphatic heterocycles. The van der Waals surface area contributed by atoms with Gasteiger partial charge in [0.15, 0.2) is 0 Å². The van der Waals surface area contributed by atoms with E-state index in [1.807, 2.05) is 12.1 Å². The summed E-state index contributed by atoms with van der Waals surface area (Å²) < 4.78 is 0. The number of fused-ring (bicyclic) bond motifs is 3. The third-order valence-corrected chi connectivity index (χ3v) is 5.47. The van der Waals surface area contributed by atoms with E-state index in [1.54, 1.807) is 6.07 Å². The first-order chi connectivity index (χ1) is 11.1. The molecule has 126 valence electrons. The summed E-state index contributed by atoms with van der Waals surface area (Å²) in [6.07, 6.45) is 4.81. The molecule has 3 heteroatoms. The van der Waals surface area contributed by atoms with Crippen LogP contribution in [0.25, 0.3) is 10.9 Å². The summed E-state index contributed by atoms with van der Waals surface area (Å²) in [5.41, 5.74) is 3.91. The lowest BCUT2D eigenvalue weighted by Gasteiger charge is -2.21. The Bertz CT molecular complexity index is 661. The van der Waals surface area contributed by atoms with Crippen molar-refractivity contribution in [3.8, 4) is 5.75 Å². The maximum Gasteiger partial charge on any atom is 0.116 e. The molecule has 1 aromatic heterocycles. The van der Waals surface area contributed by atoms with Crippen molar-refractivity contribution in [1.29, 1.82) is 0 Å². The Hall–Kier alpha value is -1.48. The van der Waals surface area contributed by atoms with Gasteiger partial charge in [0.1, 0.15) is 5.75 Å². The molecule has 3 rings (SSSR count). The van der Waals surface area contributed by atoms with Gasteiger partial charge in [0.2, 0.25) is 0 Å². The molecular formula is C20H30N2O. The molecule has 0 bridgehead atoms. The zero-order chi connectivity index (χ0) is 16.4. The predicted octanol–water partition coefficient (Wildman–Crippen LogP) is 4.57. The fourth-order valence-electron chi connectivity index (χ4n) is 4.25. The molecule has 0 aliphatic carbocycles. The second kappa shape index (κ2) is 6.96. The van der Waals surface area contributed by atoms with Crippen molar-refractivity contribution in [2.45, 2.75) is 52.4 Å². The van der Waals surface area contributed by atoms with Crippen molar-refractivity contribution < 1.29 is 5.11 Å². The molecule has 1 aromatic carbocycles. The summed E-state index contributed by atoms with van der Waals surface area (Å²) in [5.74, 6) is 2.41. The van der Waals surface area contributed by atoms with Crippen molar-refractivity contribution >= 4 is 10.9 Å². The lowest BCUT2D eigenvalue weighted by Crippen LogP contribution is -2.25. The number of aromatic hydroxyl groups is 1. The van der Waals surface area contributed by atoms with Crippen molar-refractivity contribution in [2.75, 3.05) is 13.1 Å². The van der Waals surface area contributed by atoms with Crippen molar-refractivity contribution in [2.24, 2.45) is 11.8 Å². The van der Waals surface area contributed by atoms with Crippen molar-refractivity contribution in [3.63, 3.8) is 0 Å². The maximum absolute atomic E-state index is 9.87. The number of aromatic nitrogens is 1. The first-order valence-electron chi connectivity index (χ1n) is 9.12. The van der Waals surface area contributed by atoms with E-state index in [1.165, 1.54) is 35.9 Å². The zero-order valence-electron chi connectivity index (χ0n) is 14.7. The lowest BCUT2D eigenvalue weighted by atomic mass is 9.86. The summed E-state index contributed by atoms with van der Waals surface area (Å²) in [4.78, 5) is 3.64. The first-order valence-corrected chi connectivity index (χ1v) is 9.12. The van der Waals surface area contributed by atoms with Crippen LogP contribution in [0.15, 0.2) is 18.2 Å². The van der Waals surface area contributed by atoms with E-state index >= 15 is 0 Å². The molecule has 1 aliphatic rings. The van der Waals surface area contributed by atoms with Crippen LogP contribution < -0.4 is 5.32 Å². The number of phenolic OH excluding ortho intramolecular Hbond substituents is 1. The van der Waals surface area contributed by atoms with Gasteiger partial charge in [0.25, 0.3) is 0 Å². The summed E-state index contributed by atoms with van der Waals surface area (Å²) in [6, 6.07) is 5.68. The normalized spacial score (nSPS) is 26.7. The molecule has 0 fully saturated rings. The van der Waals surface area contributed by atoms with Crippen LogP contribution in [0.3, 0.4) is 0 Å². The molecule has 0 radical (unpaired) electrons. The van der Waals surface area contributed by atoms with Crippen LogP contribution in [0.1, 0.15) is 57.2 Å². The SMILES string of the molecule is CCC1CNCCc2c([nH]c3ccc(O)cc23)C(C)C[C@@H](C)C1. The number of aromatic amines is 1. The van der Waals surface area contributed by atoms with Crippen LogP contribution in [-0.2, 0) is 6.42 Å². The Morgan fingerprint density at radius 3 is 2.83 bits per heavy atom. The van der Waals surface area contributed by atoms with Crippen LogP contribution in [0.5, 0.6) is 5.75 Å². The molecule has 0 saturated carbocycles. The van der Waals surface area contributed by atoms with Crippen LogP contribution >= 0.6 is 0 Å². The predicted molar refractivity (Wildman–Crippen MR) is 97.1 cm³/mol. The lowest BCUT2D eigenvalue weighted by molar-refractivity contribution is 0.340. The zero-order valence-corrected chi connectivity index (χ0v) is 14.7. The average Bonchev–Trinajstić information content (AvgIpc) is 2.86. The van der Waals surface area contributed by atoms with Gasteiger partial charge in [-0.3, -0.25) is 0 Å². The molecule has 0 saturated heterocycles. The fraction of sp³-hybridized carbons (Fsp3) is 0.600. The first kappa shape index (κ1) is 16.4. The molecule has 23 heavy (non-hydrogen) atoms. The molecule has 0 amide bonds. The van der Waals surface area contributed by atoms with Crippen LogP contribution in [0, 0.1) is 11.8 Å². The van der Waals surface area contributed by atoms with E-state index in [9.17, 15) is 5.11 Å². The highest BCUT2D eigenvalue weighted by Gasteiger charge is 2.21. The highest BCUT2D eigenvalue weighted by molar-refractivity contribution is 5.86. The number of nitrogens with one attached hydrogen (secondary N) is 2. The third kappa shape index (κ3) is 3.55. The minimum absolute atomic E-state index is 0.355. The minimum Gasteiger partial charge on any atom is -0.508 e. The monoisotopic (exact) mass is 314 g/mol. The highest BCUT2D eigenvalue weighted by atomic mass is 16.3. The van der Waals surface area contributed by atoms with Gasteiger partial charge < -0.3 is 15.4 Å². The topological polar surface area (TPSA) is 48.0 Å². The second-order valence-corrected chi connectivity index (χ2v) is 7.45. The standard InChI is InChI=1S/C20H30N2O/c1-4-15-10-13(2)9-14(3)20-17(7-8-21-12-15)18-11-16(23)5-6-19(18)22-20/h5-6,11,13-15,21-23H,4,7-10,12H2,1-3H3/t13-,14?,15?/m1/s1. The maximum atomic E-state index is 9.87. The molecule has 0 spiro atoms. The quantitative estimate of drug-likeness (QED) is 0.722. The largest absolute Gasteiger partial charge is 0.508 e. The summed E-state index contributed by atoms with van der Waals surface area (Å²) in [7, 11) is 0. The Kier molecular flexibility index (Phi) is 4.96. The van der Waals surface area contributed by atoms with Gasteiger partial charge in [-0.05, 0) is 73.9 Å². The second-order valence-electron chi connectivity index (χ2n) is 7.45. The van der Waals surface area contributed by atoms with Gasteiger partial charge >= 0.3 is 0 Å². The Morgan fingerprint density at radius 1 is 1.22 bits per heavy atom. The van der Waals surface area contributed by atoms with Crippen molar-refractivity contribution in [3.05, 3.63) is 29.5 Å². The summed E-state index contributed by atoms with van der Waals surface area (Å²) in [6.45, 7) is 9.17. The minimum atomic E-state index is 0.355. The van der Waals surface area contributed by atoms with E-state index in [2.05, 4.69) is 31.1 Å². The molecule has 3 N–H and O–H groups in total. The van der Waals surface area contributed by atoms with Crippen LogP contribution in [0.4, 0.5) is 0 Å². The Balaban J connectivity index is 1.96. The number of benzene rings is 1. The molecule has 3 nitrogen and oxygen atoms in total. The molecular weight excluding hydrogens is 284 g/mol. The molecule has 2 heterocycles. The highest BCUT2D eigenvalue weighted by Crippen LogP contribution is 2.34. The van der Waals surface area contributed by atoms with Gasteiger partial charge in [0.05, 0.1) is 0 Å². The van der Waals surface area contributed by atoms with Crippen molar-refractivity contribution in [1.82, 2.24) is 10.3 Å². The van der Waals surface area contributed by atoms with Gasteiger partial charge in [0, 0.05) is 16.6 Å².